The lowest BCUT2D eigenvalue weighted by Crippen LogP contribution is -2.44. The number of guanidine groups is 1. The van der Waals surface area contributed by atoms with Gasteiger partial charge in [-0.3, -0.25) is 0 Å². The van der Waals surface area contributed by atoms with Crippen molar-refractivity contribution in [1.82, 2.24) is 10.6 Å². The molecule has 0 aliphatic heterocycles. The molecule has 0 aliphatic carbocycles. The summed E-state index contributed by atoms with van der Waals surface area (Å²) in [7, 11) is 0. The zero-order chi connectivity index (χ0) is 16.0. The molecule has 1 unspecified atom stereocenters. The monoisotopic (exact) mass is 337 g/mol. The maximum absolute atomic E-state index is 10.5. The minimum Gasteiger partial charge on any atom is -0.384 e. The smallest absolute Gasteiger partial charge is 0.191 e. The van der Waals surface area contributed by atoms with Gasteiger partial charge in [-0.15, -0.1) is 11.3 Å². The van der Waals surface area contributed by atoms with Gasteiger partial charge in [0, 0.05) is 16.3 Å². The van der Waals surface area contributed by atoms with Gasteiger partial charge < -0.3 is 15.7 Å². The second-order valence-corrected chi connectivity index (χ2v) is 7.50. The standard InChI is InChI=1S/C16H23N3OS2/c1-4-17-15(18-9-14-6-5-12(2)22-14)19-11-16(3,20)13-7-8-21-10-13/h5-8,10,20H,4,9,11H2,1-3H3,(H2,17,18,19). The summed E-state index contributed by atoms with van der Waals surface area (Å²) in [6.07, 6.45) is 0. The van der Waals surface area contributed by atoms with E-state index in [9.17, 15) is 5.11 Å². The van der Waals surface area contributed by atoms with Gasteiger partial charge in [-0.1, -0.05) is 0 Å². The van der Waals surface area contributed by atoms with Crippen molar-refractivity contribution in [2.75, 3.05) is 13.1 Å². The first-order valence-corrected chi connectivity index (χ1v) is 9.10. The number of thiophene rings is 2. The zero-order valence-corrected chi connectivity index (χ0v) is 14.9. The van der Waals surface area contributed by atoms with Crippen LogP contribution in [0.25, 0.3) is 0 Å². The number of rotatable bonds is 6. The fourth-order valence-electron chi connectivity index (χ4n) is 2.00. The number of nitrogens with zero attached hydrogens (tertiary/aromatic N) is 1. The average molecular weight is 338 g/mol. The first kappa shape index (κ1) is 17.0. The van der Waals surface area contributed by atoms with Crippen LogP contribution >= 0.6 is 22.7 Å². The number of aliphatic hydroxyl groups is 1. The molecule has 0 saturated heterocycles. The highest BCUT2D eigenvalue weighted by Gasteiger charge is 2.23. The summed E-state index contributed by atoms with van der Waals surface area (Å²) in [6.45, 7) is 7.79. The molecule has 2 rings (SSSR count). The predicted molar refractivity (Wildman–Crippen MR) is 95.8 cm³/mol. The Kier molecular flexibility index (Phi) is 5.99. The lowest BCUT2D eigenvalue weighted by atomic mass is 9.99. The average Bonchev–Trinajstić information content (AvgIpc) is 3.13. The summed E-state index contributed by atoms with van der Waals surface area (Å²) < 4.78 is 0. The Morgan fingerprint density at radius 1 is 1.32 bits per heavy atom. The number of hydrogen-bond acceptors (Lipinski definition) is 4. The Hall–Kier alpha value is -1.37. The van der Waals surface area contributed by atoms with Crippen molar-refractivity contribution in [1.29, 1.82) is 0 Å². The number of nitrogens with one attached hydrogen (secondary N) is 2. The van der Waals surface area contributed by atoms with E-state index >= 15 is 0 Å². The van der Waals surface area contributed by atoms with Crippen LogP contribution in [0, 0.1) is 6.92 Å². The van der Waals surface area contributed by atoms with Crippen LogP contribution in [-0.2, 0) is 12.1 Å². The Morgan fingerprint density at radius 2 is 2.14 bits per heavy atom. The zero-order valence-electron chi connectivity index (χ0n) is 13.2. The molecule has 6 heteroatoms. The minimum absolute atomic E-state index is 0.416. The molecule has 0 radical (unpaired) electrons. The second-order valence-electron chi connectivity index (χ2n) is 5.35. The normalized spacial score (nSPS) is 14.6. The van der Waals surface area contributed by atoms with Gasteiger partial charge in [-0.05, 0) is 55.3 Å². The summed E-state index contributed by atoms with van der Waals surface area (Å²) >= 11 is 3.35. The third-order valence-electron chi connectivity index (χ3n) is 3.28. The molecule has 2 aromatic heterocycles. The van der Waals surface area contributed by atoms with Gasteiger partial charge in [-0.2, -0.15) is 11.3 Å². The Morgan fingerprint density at radius 3 is 2.73 bits per heavy atom. The van der Waals surface area contributed by atoms with Crippen molar-refractivity contribution in [3.63, 3.8) is 0 Å². The van der Waals surface area contributed by atoms with E-state index in [0.717, 1.165) is 18.1 Å². The van der Waals surface area contributed by atoms with Gasteiger partial charge in [0.2, 0.25) is 0 Å². The number of aryl methyl sites for hydroxylation is 1. The van der Waals surface area contributed by atoms with Crippen molar-refractivity contribution in [3.05, 3.63) is 44.3 Å². The molecule has 120 valence electrons. The van der Waals surface area contributed by atoms with Crippen molar-refractivity contribution < 1.29 is 5.11 Å². The molecule has 0 bridgehead atoms. The Labute approximate surface area is 139 Å². The van der Waals surface area contributed by atoms with Crippen LogP contribution in [-0.4, -0.2) is 24.2 Å². The fraction of sp³-hybridized carbons (Fsp3) is 0.438. The summed E-state index contributed by atoms with van der Waals surface area (Å²) in [5.41, 5.74) is 0.0186. The van der Waals surface area contributed by atoms with Crippen LogP contribution in [0.1, 0.15) is 29.2 Å². The van der Waals surface area contributed by atoms with E-state index in [1.165, 1.54) is 9.75 Å². The molecule has 1 atom stereocenters. The molecule has 0 aromatic carbocycles. The quantitative estimate of drug-likeness (QED) is 0.561. The van der Waals surface area contributed by atoms with E-state index in [1.54, 1.807) is 22.7 Å². The van der Waals surface area contributed by atoms with Gasteiger partial charge in [0.05, 0.1) is 13.1 Å². The van der Waals surface area contributed by atoms with E-state index < -0.39 is 5.60 Å². The second kappa shape index (κ2) is 7.76. The highest BCUT2D eigenvalue weighted by atomic mass is 32.1. The molecule has 0 amide bonds. The van der Waals surface area contributed by atoms with Crippen LogP contribution in [0.2, 0.25) is 0 Å². The van der Waals surface area contributed by atoms with Crippen LogP contribution in [0.3, 0.4) is 0 Å². The van der Waals surface area contributed by atoms with E-state index in [0.29, 0.717) is 13.1 Å². The molecule has 0 spiro atoms. The van der Waals surface area contributed by atoms with E-state index in [4.69, 9.17) is 0 Å². The molecule has 2 heterocycles. The van der Waals surface area contributed by atoms with Gasteiger partial charge in [-0.25, -0.2) is 4.99 Å². The van der Waals surface area contributed by atoms with Crippen LogP contribution in [0.15, 0.2) is 34.0 Å². The minimum atomic E-state index is -0.907. The summed E-state index contributed by atoms with van der Waals surface area (Å²) in [4.78, 5) is 7.11. The Balaban J connectivity index is 1.96. The summed E-state index contributed by atoms with van der Waals surface area (Å²) in [5.74, 6) is 0.726. The summed E-state index contributed by atoms with van der Waals surface area (Å²) in [5, 5.41) is 20.9. The van der Waals surface area contributed by atoms with Crippen LogP contribution in [0.4, 0.5) is 0 Å². The third-order valence-corrected chi connectivity index (χ3v) is 4.95. The van der Waals surface area contributed by atoms with Crippen LogP contribution < -0.4 is 10.6 Å². The maximum atomic E-state index is 10.5. The topological polar surface area (TPSA) is 56.7 Å². The van der Waals surface area contributed by atoms with Gasteiger partial charge in [0.25, 0.3) is 0 Å². The fourth-order valence-corrected chi connectivity index (χ4v) is 3.60. The summed E-state index contributed by atoms with van der Waals surface area (Å²) in [6, 6.07) is 6.16. The first-order valence-electron chi connectivity index (χ1n) is 7.34. The van der Waals surface area contributed by atoms with Gasteiger partial charge >= 0.3 is 0 Å². The molecule has 4 nitrogen and oxygen atoms in total. The van der Waals surface area contributed by atoms with Crippen LogP contribution in [0.5, 0.6) is 0 Å². The highest BCUT2D eigenvalue weighted by Crippen LogP contribution is 2.22. The lowest BCUT2D eigenvalue weighted by Gasteiger charge is -2.24. The van der Waals surface area contributed by atoms with E-state index in [2.05, 4.69) is 34.7 Å². The molecule has 22 heavy (non-hydrogen) atoms. The SMILES string of the molecule is CCNC(=NCc1ccc(C)s1)NCC(C)(O)c1ccsc1. The lowest BCUT2D eigenvalue weighted by molar-refractivity contribution is 0.0621. The van der Waals surface area contributed by atoms with E-state index in [1.807, 2.05) is 30.7 Å². The molecular formula is C16H23N3OS2. The third kappa shape index (κ3) is 4.83. The number of hydrogen-bond donors (Lipinski definition) is 3. The van der Waals surface area contributed by atoms with Crippen molar-refractivity contribution in [3.8, 4) is 0 Å². The number of aliphatic imine (C=N–C) groups is 1. The Bertz CT molecular complexity index is 603. The molecule has 3 N–H and O–H groups in total. The molecular weight excluding hydrogens is 314 g/mol. The molecule has 2 aromatic rings. The first-order chi connectivity index (χ1) is 10.5. The van der Waals surface area contributed by atoms with E-state index in [-0.39, 0.29) is 0 Å². The van der Waals surface area contributed by atoms with Crippen molar-refractivity contribution >= 4 is 28.6 Å². The van der Waals surface area contributed by atoms with Crippen molar-refractivity contribution in [2.45, 2.75) is 32.9 Å². The predicted octanol–water partition coefficient (Wildman–Crippen LogP) is 3.08. The maximum Gasteiger partial charge on any atom is 0.191 e. The molecule has 0 aliphatic rings. The van der Waals surface area contributed by atoms with Gasteiger partial charge in [0.15, 0.2) is 5.96 Å². The largest absolute Gasteiger partial charge is 0.384 e. The van der Waals surface area contributed by atoms with Gasteiger partial charge in [0.1, 0.15) is 5.60 Å². The van der Waals surface area contributed by atoms with Crippen molar-refractivity contribution in [2.24, 2.45) is 4.99 Å². The molecule has 0 saturated carbocycles. The molecule has 0 fully saturated rings. The highest BCUT2D eigenvalue weighted by molar-refractivity contribution is 7.11.